The summed E-state index contributed by atoms with van der Waals surface area (Å²) >= 11 is 12.1. The van der Waals surface area contributed by atoms with E-state index in [9.17, 15) is 0 Å². The van der Waals surface area contributed by atoms with E-state index >= 15 is 0 Å². The molecule has 6 heteroatoms. The van der Waals surface area contributed by atoms with Crippen molar-refractivity contribution in [3.8, 4) is 22.5 Å². The van der Waals surface area contributed by atoms with E-state index in [0.717, 1.165) is 22.5 Å². The summed E-state index contributed by atoms with van der Waals surface area (Å²) in [6.45, 7) is 0. The highest BCUT2D eigenvalue weighted by molar-refractivity contribution is 6.36. The van der Waals surface area contributed by atoms with Crippen molar-refractivity contribution < 1.29 is 0 Å². The normalized spacial score (nSPS) is 10.6. The van der Waals surface area contributed by atoms with Crippen LogP contribution in [-0.4, -0.2) is 19.9 Å². The summed E-state index contributed by atoms with van der Waals surface area (Å²) in [5.41, 5.74) is 3.21. The molecule has 4 nitrogen and oxygen atoms in total. The van der Waals surface area contributed by atoms with Crippen molar-refractivity contribution in [3.05, 3.63) is 53.3 Å². The van der Waals surface area contributed by atoms with Crippen LogP contribution in [0.4, 0.5) is 0 Å². The third kappa shape index (κ3) is 2.32. The van der Waals surface area contributed by atoms with Crippen molar-refractivity contribution in [3.63, 3.8) is 0 Å². The second-order valence-corrected chi connectivity index (χ2v) is 4.72. The number of hydrogen-bond donors (Lipinski definition) is 1. The van der Waals surface area contributed by atoms with Crippen LogP contribution in [0.1, 0.15) is 0 Å². The van der Waals surface area contributed by atoms with E-state index in [1.807, 2.05) is 6.07 Å². The summed E-state index contributed by atoms with van der Waals surface area (Å²) < 4.78 is 0. The van der Waals surface area contributed by atoms with Gasteiger partial charge in [0.15, 0.2) is 0 Å². The highest BCUT2D eigenvalue weighted by Gasteiger charge is 2.13. The molecule has 1 aromatic carbocycles. The Morgan fingerprint density at radius 1 is 1.00 bits per heavy atom. The van der Waals surface area contributed by atoms with Crippen LogP contribution in [0.5, 0.6) is 0 Å². The highest BCUT2D eigenvalue weighted by atomic mass is 35.5. The standard InChI is InChI=1S/C13H8Cl2N4/c14-8-1-2-9(11(15)3-8)13-10(4-16-7-19-13)12-5-17-6-18-12/h1-7H,(H,17,18). The lowest BCUT2D eigenvalue weighted by Crippen LogP contribution is -1.91. The van der Waals surface area contributed by atoms with Gasteiger partial charge in [0, 0.05) is 22.3 Å². The first-order valence-electron chi connectivity index (χ1n) is 5.50. The fourth-order valence-electron chi connectivity index (χ4n) is 1.83. The summed E-state index contributed by atoms with van der Waals surface area (Å²) in [5, 5.41) is 1.14. The summed E-state index contributed by atoms with van der Waals surface area (Å²) in [7, 11) is 0. The number of imidazole rings is 1. The number of aromatic nitrogens is 4. The molecule has 3 rings (SSSR count). The zero-order chi connectivity index (χ0) is 13.2. The van der Waals surface area contributed by atoms with Crippen LogP contribution in [0.2, 0.25) is 10.0 Å². The SMILES string of the molecule is Clc1ccc(-c2ncncc2-c2cnc[nH]2)c(Cl)c1. The van der Waals surface area contributed by atoms with E-state index in [2.05, 4.69) is 19.9 Å². The number of aromatic amines is 1. The zero-order valence-electron chi connectivity index (χ0n) is 9.64. The van der Waals surface area contributed by atoms with Gasteiger partial charge in [0.2, 0.25) is 0 Å². The van der Waals surface area contributed by atoms with Crippen molar-refractivity contribution in [2.75, 3.05) is 0 Å². The molecule has 2 aromatic heterocycles. The van der Waals surface area contributed by atoms with Gasteiger partial charge < -0.3 is 4.98 Å². The molecule has 0 aliphatic heterocycles. The van der Waals surface area contributed by atoms with Gasteiger partial charge in [-0.2, -0.15) is 0 Å². The summed E-state index contributed by atoms with van der Waals surface area (Å²) in [6, 6.07) is 5.31. The number of nitrogens with one attached hydrogen (secondary N) is 1. The maximum atomic E-state index is 6.23. The number of hydrogen-bond acceptors (Lipinski definition) is 3. The van der Waals surface area contributed by atoms with Crippen LogP contribution in [0.15, 0.2) is 43.2 Å². The van der Waals surface area contributed by atoms with E-state index in [-0.39, 0.29) is 0 Å². The molecule has 0 amide bonds. The third-order valence-electron chi connectivity index (χ3n) is 2.69. The molecule has 3 aromatic rings. The Hall–Kier alpha value is -1.91. The Labute approximate surface area is 119 Å². The third-order valence-corrected chi connectivity index (χ3v) is 3.23. The number of H-pyrrole nitrogens is 1. The van der Waals surface area contributed by atoms with Crippen LogP contribution >= 0.6 is 23.2 Å². The fourth-order valence-corrected chi connectivity index (χ4v) is 2.32. The van der Waals surface area contributed by atoms with Crippen LogP contribution < -0.4 is 0 Å². The van der Waals surface area contributed by atoms with Gasteiger partial charge in [0.1, 0.15) is 6.33 Å². The maximum absolute atomic E-state index is 6.23. The molecule has 0 spiro atoms. The molecule has 0 saturated carbocycles. The summed E-state index contributed by atoms with van der Waals surface area (Å²) in [6.07, 6.45) is 6.53. The predicted octanol–water partition coefficient (Wildman–Crippen LogP) is 3.84. The number of rotatable bonds is 2. The minimum Gasteiger partial charge on any atom is -0.345 e. The molecule has 2 heterocycles. The van der Waals surface area contributed by atoms with Gasteiger partial charge in [-0.1, -0.05) is 23.2 Å². The molecule has 0 radical (unpaired) electrons. The van der Waals surface area contributed by atoms with E-state index in [1.54, 1.807) is 30.9 Å². The first kappa shape index (κ1) is 12.1. The van der Waals surface area contributed by atoms with Crippen molar-refractivity contribution in [1.82, 2.24) is 19.9 Å². The molecule has 19 heavy (non-hydrogen) atoms. The smallest absolute Gasteiger partial charge is 0.116 e. The van der Waals surface area contributed by atoms with Gasteiger partial charge in [0.25, 0.3) is 0 Å². The lowest BCUT2D eigenvalue weighted by molar-refractivity contribution is 1.17. The Morgan fingerprint density at radius 2 is 1.89 bits per heavy atom. The number of nitrogens with zero attached hydrogens (tertiary/aromatic N) is 3. The molecule has 0 fully saturated rings. The topological polar surface area (TPSA) is 54.5 Å². The summed E-state index contributed by atoms with van der Waals surface area (Å²) in [4.78, 5) is 15.4. The van der Waals surface area contributed by atoms with Gasteiger partial charge in [0.05, 0.1) is 28.9 Å². The van der Waals surface area contributed by atoms with E-state index in [4.69, 9.17) is 23.2 Å². The van der Waals surface area contributed by atoms with Gasteiger partial charge in [-0.3, -0.25) is 0 Å². The van der Waals surface area contributed by atoms with Gasteiger partial charge in [-0.25, -0.2) is 15.0 Å². The van der Waals surface area contributed by atoms with Crippen molar-refractivity contribution in [2.45, 2.75) is 0 Å². The first-order chi connectivity index (χ1) is 9.25. The quantitative estimate of drug-likeness (QED) is 0.780. The molecule has 1 N–H and O–H groups in total. The summed E-state index contributed by atoms with van der Waals surface area (Å²) in [5.74, 6) is 0. The first-order valence-corrected chi connectivity index (χ1v) is 6.25. The molecule has 0 saturated heterocycles. The van der Waals surface area contributed by atoms with Crippen LogP contribution in [0, 0.1) is 0 Å². The predicted molar refractivity (Wildman–Crippen MR) is 75.1 cm³/mol. The Kier molecular flexibility index (Phi) is 3.19. The minimum atomic E-state index is 0.548. The number of benzene rings is 1. The molecule has 0 unspecified atom stereocenters. The van der Waals surface area contributed by atoms with E-state index < -0.39 is 0 Å². The average molecular weight is 291 g/mol. The largest absolute Gasteiger partial charge is 0.345 e. The molecule has 0 aliphatic carbocycles. The minimum absolute atomic E-state index is 0.548. The van der Waals surface area contributed by atoms with Crippen LogP contribution in [-0.2, 0) is 0 Å². The molecular weight excluding hydrogens is 283 g/mol. The van der Waals surface area contributed by atoms with E-state index in [1.165, 1.54) is 6.33 Å². The Bertz CT molecular complexity index is 710. The molecular formula is C13H8Cl2N4. The molecule has 0 atom stereocenters. The van der Waals surface area contributed by atoms with Crippen LogP contribution in [0.25, 0.3) is 22.5 Å². The van der Waals surface area contributed by atoms with Crippen molar-refractivity contribution in [1.29, 1.82) is 0 Å². The molecule has 94 valence electrons. The second-order valence-electron chi connectivity index (χ2n) is 3.87. The Morgan fingerprint density at radius 3 is 2.63 bits per heavy atom. The average Bonchev–Trinajstić information content (AvgIpc) is 2.93. The van der Waals surface area contributed by atoms with E-state index in [0.29, 0.717) is 10.0 Å². The second kappa shape index (κ2) is 4.99. The van der Waals surface area contributed by atoms with Crippen LogP contribution in [0.3, 0.4) is 0 Å². The lowest BCUT2D eigenvalue weighted by Gasteiger charge is -2.08. The maximum Gasteiger partial charge on any atom is 0.116 e. The number of halogens is 2. The van der Waals surface area contributed by atoms with Gasteiger partial charge >= 0.3 is 0 Å². The highest BCUT2D eigenvalue weighted by Crippen LogP contribution is 2.34. The zero-order valence-corrected chi connectivity index (χ0v) is 11.2. The molecule has 0 aliphatic rings. The Balaban J connectivity index is 2.21. The van der Waals surface area contributed by atoms with Crippen molar-refractivity contribution >= 4 is 23.2 Å². The van der Waals surface area contributed by atoms with Crippen molar-refractivity contribution in [2.24, 2.45) is 0 Å². The van der Waals surface area contributed by atoms with Gasteiger partial charge in [-0.05, 0) is 18.2 Å². The monoisotopic (exact) mass is 290 g/mol. The lowest BCUT2D eigenvalue weighted by atomic mass is 10.1. The molecule has 0 bridgehead atoms. The van der Waals surface area contributed by atoms with Gasteiger partial charge in [-0.15, -0.1) is 0 Å². The fraction of sp³-hybridized carbons (Fsp3) is 0.